The van der Waals surface area contributed by atoms with Crippen molar-refractivity contribution >= 4 is 7.05 Å². The van der Waals surface area contributed by atoms with Gasteiger partial charge in [0, 0.05) is 12.6 Å². The van der Waals surface area contributed by atoms with Crippen molar-refractivity contribution in [3.8, 4) is 0 Å². The lowest BCUT2D eigenvalue weighted by Crippen LogP contribution is -2.33. The van der Waals surface area contributed by atoms with Crippen molar-refractivity contribution in [2.45, 2.75) is 19.4 Å². The first kappa shape index (κ1) is 7.13. The first-order valence-electron chi connectivity index (χ1n) is 4.10. The van der Waals surface area contributed by atoms with E-state index in [0.29, 0.717) is 6.04 Å². The van der Waals surface area contributed by atoms with E-state index in [1.807, 2.05) is 0 Å². The maximum atomic E-state index is 5.52. The van der Waals surface area contributed by atoms with Crippen LogP contribution in [0.25, 0.3) is 0 Å². The molecule has 58 valence electrons. The fourth-order valence-corrected chi connectivity index (χ4v) is 1.46. The lowest BCUT2D eigenvalue weighted by Gasteiger charge is -2.03. The van der Waals surface area contributed by atoms with Gasteiger partial charge < -0.3 is 9.88 Å². The molecule has 1 N–H and O–H groups in total. The predicted octanol–water partition coefficient (Wildman–Crippen LogP) is 0.908. The van der Waals surface area contributed by atoms with Gasteiger partial charge >= 0.3 is 7.05 Å². The molecule has 1 unspecified atom stereocenters. The molecule has 2 aliphatic rings. The zero-order valence-electron chi connectivity index (χ0n) is 6.71. The minimum absolute atomic E-state index is 0.156. The molecule has 3 heteroatoms. The molecular weight excluding hydrogens is 137 g/mol. The highest BCUT2D eigenvalue weighted by Gasteiger charge is 2.29. The van der Waals surface area contributed by atoms with E-state index in [1.165, 1.54) is 5.47 Å². The van der Waals surface area contributed by atoms with E-state index in [1.54, 1.807) is 0 Å². The third-order valence-corrected chi connectivity index (χ3v) is 2.05. The summed E-state index contributed by atoms with van der Waals surface area (Å²) in [5.41, 5.74) is 1.29. The molecule has 0 aromatic rings. The number of hydrogen-bond donors (Lipinski definition) is 1. The van der Waals surface area contributed by atoms with Gasteiger partial charge in [-0.2, -0.15) is 0 Å². The fraction of sp³-hybridized carbons (Fsp3) is 0.500. The third-order valence-electron chi connectivity index (χ3n) is 2.05. The fourth-order valence-electron chi connectivity index (χ4n) is 1.46. The van der Waals surface area contributed by atoms with E-state index in [2.05, 4.69) is 30.4 Å². The second kappa shape index (κ2) is 2.84. The van der Waals surface area contributed by atoms with Crippen molar-refractivity contribution in [3.63, 3.8) is 0 Å². The van der Waals surface area contributed by atoms with Crippen LogP contribution in [0.1, 0.15) is 13.3 Å². The molecule has 0 spiro atoms. The Labute approximate surface area is 67.4 Å². The minimum Gasteiger partial charge on any atom is -0.416 e. The maximum Gasteiger partial charge on any atom is 0.415 e. The maximum absolute atomic E-state index is 5.52. The Morgan fingerprint density at radius 3 is 3.18 bits per heavy atom. The summed E-state index contributed by atoms with van der Waals surface area (Å²) in [6.45, 7) is 2.97. The van der Waals surface area contributed by atoms with E-state index in [4.69, 9.17) is 4.65 Å². The molecule has 2 rings (SSSR count). The van der Waals surface area contributed by atoms with Crippen LogP contribution >= 0.6 is 0 Å². The average Bonchev–Trinajstić information content (AvgIpc) is 2.55. The van der Waals surface area contributed by atoms with Gasteiger partial charge in [-0.3, -0.25) is 0 Å². The Hall–Kier alpha value is -0.535. The van der Waals surface area contributed by atoms with Crippen LogP contribution < -0.4 is 5.23 Å². The van der Waals surface area contributed by atoms with E-state index in [0.717, 1.165) is 13.0 Å². The number of rotatable bonds is 1. The van der Waals surface area contributed by atoms with Crippen LogP contribution in [0.2, 0.25) is 0 Å². The van der Waals surface area contributed by atoms with Gasteiger partial charge in [0.25, 0.3) is 0 Å². The molecule has 0 bridgehead atoms. The Morgan fingerprint density at radius 1 is 1.73 bits per heavy atom. The molecule has 0 radical (unpaired) electrons. The summed E-state index contributed by atoms with van der Waals surface area (Å²) in [7, 11) is 0.156. The molecule has 0 saturated carbocycles. The van der Waals surface area contributed by atoms with E-state index in [9.17, 15) is 0 Å². The lowest BCUT2D eigenvalue weighted by atomic mass is 9.74. The van der Waals surface area contributed by atoms with Crippen molar-refractivity contribution in [2.24, 2.45) is 0 Å². The van der Waals surface area contributed by atoms with Crippen molar-refractivity contribution in [3.05, 3.63) is 23.7 Å². The van der Waals surface area contributed by atoms with Crippen molar-refractivity contribution in [2.75, 3.05) is 6.61 Å². The van der Waals surface area contributed by atoms with Crippen LogP contribution in [0, 0.1) is 0 Å². The first-order chi connectivity index (χ1) is 5.36. The molecular formula is C8H12BNO. The largest absolute Gasteiger partial charge is 0.416 e. The topological polar surface area (TPSA) is 21.3 Å². The monoisotopic (exact) mass is 149 g/mol. The van der Waals surface area contributed by atoms with Gasteiger partial charge in [0.15, 0.2) is 0 Å². The molecule has 0 aromatic carbocycles. The first-order valence-corrected chi connectivity index (χ1v) is 4.10. The summed E-state index contributed by atoms with van der Waals surface area (Å²) in [6.07, 6.45) is 7.56. The van der Waals surface area contributed by atoms with E-state index < -0.39 is 0 Å². The van der Waals surface area contributed by atoms with Gasteiger partial charge in [-0.1, -0.05) is 18.2 Å². The second-order valence-corrected chi connectivity index (χ2v) is 3.12. The Bertz CT molecular complexity index is 212. The van der Waals surface area contributed by atoms with Gasteiger partial charge in [0.05, 0.1) is 0 Å². The summed E-state index contributed by atoms with van der Waals surface area (Å²) in [4.78, 5) is 0. The third kappa shape index (κ3) is 1.39. The van der Waals surface area contributed by atoms with Crippen LogP contribution in [-0.2, 0) is 4.65 Å². The van der Waals surface area contributed by atoms with Gasteiger partial charge in [-0.15, -0.1) is 0 Å². The zero-order chi connectivity index (χ0) is 7.68. The van der Waals surface area contributed by atoms with Crippen LogP contribution in [0.4, 0.5) is 0 Å². The summed E-state index contributed by atoms with van der Waals surface area (Å²) in [5, 5.41) is 3.35. The molecule has 1 fully saturated rings. The molecule has 1 saturated heterocycles. The highest BCUT2D eigenvalue weighted by atomic mass is 16.5. The highest BCUT2D eigenvalue weighted by Crippen LogP contribution is 2.14. The van der Waals surface area contributed by atoms with Crippen LogP contribution in [0.3, 0.4) is 0 Å². The normalized spacial score (nSPS) is 29.7. The molecule has 0 aromatic heterocycles. The Kier molecular flexibility index (Phi) is 1.84. The van der Waals surface area contributed by atoms with Crippen molar-refractivity contribution in [1.29, 1.82) is 0 Å². The molecule has 1 aliphatic carbocycles. The summed E-state index contributed by atoms with van der Waals surface area (Å²) < 4.78 is 5.52. The smallest absolute Gasteiger partial charge is 0.415 e. The molecule has 2 nitrogen and oxygen atoms in total. The molecule has 1 atom stereocenters. The van der Waals surface area contributed by atoms with Crippen LogP contribution in [0.5, 0.6) is 0 Å². The van der Waals surface area contributed by atoms with E-state index >= 15 is 0 Å². The molecule has 11 heavy (non-hydrogen) atoms. The zero-order valence-corrected chi connectivity index (χ0v) is 6.71. The SMILES string of the molecule is CC1COB(C2=CCC=C2)N1. The van der Waals surface area contributed by atoms with Crippen molar-refractivity contribution in [1.82, 2.24) is 5.23 Å². The Morgan fingerprint density at radius 2 is 2.64 bits per heavy atom. The molecule has 1 aliphatic heterocycles. The standard InChI is InChI=1S/C8H12BNO/c1-7-6-11-9(10-7)8-4-2-3-5-8/h2,4-5,7,10H,3,6H2,1H3. The van der Waals surface area contributed by atoms with Gasteiger partial charge in [0.2, 0.25) is 0 Å². The van der Waals surface area contributed by atoms with Crippen LogP contribution in [0.15, 0.2) is 23.7 Å². The van der Waals surface area contributed by atoms with Gasteiger partial charge in [0.1, 0.15) is 0 Å². The number of nitrogens with one attached hydrogen (secondary N) is 1. The number of hydrogen-bond acceptors (Lipinski definition) is 2. The van der Waals surface area contributed by atoms with Crippen LogP contribution in [-0.4, -0.2) is 19.7 Å². The van der Waals surface area contributed by atoms with E-state index in [-0.39, 0.29) is 7.05 Å². The summed E-state index contributed by atoms with van der Waals surface area (Å²) >= 11 is 0. The van der Waals surface area contributed by atoms with Crippen molar-refractivity contribution < 1.29 is 4.65 Å². The average molecular weight is 149 g/mol. The lowest BCUT2D eigenvalue weighted by molar-refractivity contribution is 0.349. The predicted molar refractivity (Wildman–Crippen MR) is 46.1 cm³/mol. The highest BCUT2D eigenvalue weighted by molar-refractivity contribution is 6.59. The molecule has 1 heterocycles. The quantitative estimate of drug-likeness (QED) is 0.559. The minimum atomic E-state index is 0.156. The number of allylic oxidation sites excluding steroid dienone is 4. The van der Waals surface area contributed by atoms with Gasteiger partial charge in [-0.05, 0) is 18.8 Å². The summed E-state index contributed by atoms with van der Waals surface area (Å²) in [6, 6.07) is 0.495. The molecule has 0 amide bonds. The van der Waals surface area contributed by atoms with Gasteiger partial charge in [-0.25, -0.2) is 0 Å². The second-order valence-electron chi connectivity index (χ2n) is 3.12. The Balaban J connectivity index is 2.01. The summed E-state index contributed by atoms with van der Waals surface area (Å²) in [5.74, 6) is 0.